The molecule has 112 valence electrons. The van der Waals surface area contributed by atoms with Gasteiger partial charge < -0.3 is 10.6 Å². The number of nitrogens with two attached hydrogens (primary N) is 2. The van der Waals surface area contributed by atoms with E-state index in [-0.39, 0.29) is 4.90 Å². The van der Waals surface area contributed by atoms with Crippen LogP contribution >= 0.6 is 0 Å². The molecule has 4 N–H and O–H groups in total. The summed E-state index contributed by atoms with van der Waals surface area (Å²) in [5.74, 6) is 0.659. The minimum atomic E-state index is -3.69. The molecule has 1 aliphatic carbocycles. The number of nitrogens with zero attached hydrogens (tertiary/aromatic N) is 1. The summed E-state index contributed by atoms with van der Waals surface area (Å²) in [6.45, 7) is 0.901. The summed E-state index contributed by atoms with van der Waals surface area (Å²) < 4.78 is 22.9. The molecule has 0 saturated heterocycles. The molecule has 0 unspecified atom stereocenters. The highest BCUT2D eigenvalue weighted by molar-refractivity contribution is 7.89. The molecule has 2 rings (SSSR count). The summed E-state index contributed by atoms with van der Waals surface area (Å²) in [7, 11) is -1.74. The van der Waals surface area contributed by atoms with Crippen LogP contribution in [-0.2, 0) is 10.0 Å². The number of rotatable bonds is 4. The molecule has 0 aromatic heterocycles. The van der Waals surface area contributed by atoms with Gasteiger partial charge in [-0.25, -0.2) is 13.6 Å². The first kappa shape index (κ1) is 15.1. The Morgan fingerprint density at radius 1 is 1.25 bits per heavy atom. The third-order valence-electron chi connectivity index (χ3n) is 4.00. The predicted molar refractivity (Wildman–Crippen MR) is 82.1 cm³/mol. The van der Waals surface area contributed by atoms with E-state index < -0.39 is 10.0 Å². The van der Waals surface area contributed by atoms with Gasteiger partial charge in [0.1, 0.15) is 0 Å². The van der Waals surface area contributed by atoms with Crippen molar-refractivity contribution in [1.82, 2.24) is 0 Å². The van der Waals surface area contributed by atoms with Gasteiger partial charge in [0.2, 0.25) is 10.0 Å². The summed E-state index contributed by atoms with van der Waals surface area (Å²) in [6, 6.07) is 4.61. The first-order valence-corrected chi connectivity index (χ1v) is 8.56. The first-order chi connectivity index (χ1) is 9.38. The Bertz CT molecular complexity index is 566. The minimum Gasteiger partial charge on any atom is -0.397 e. The summed E-state index contributed by atoms with van der Waals surface area (Å²) in [5, 5.41) is 5.17. The lowest BCUT2D eigenvalue weighted by Crippen LogP contribution is -2.27. The maximum atomic E-state index is 11.4. The van der Waals surface area contributed by atoms with Crippen LogP contribution in [0.1, 0.15) is 32.1 Å². The largest absolute Gasteiger partial charge is 0.397 e. The van der Waals surface area contributed by atoms with Crippen LogP contribution in [0, 0.1) is 5.92 Å². The number of sulfonamides is 1. The van der Waals surface area contributed by atoms with Crippen molar-refractivity contribution in [2.45, 2.75) is 37.0 Å². The van der Waals surface area contributed by atoms with Crippen molar-refractivity contribution >= 4 is 21.4 Å². The van der Waals surface area contributed by atoms with Crippen molar-refractivity contribution < 1.29 is 8.42 Å². The van der Waals surface area contributed by atoms with Gasteiger partial charge in [-0.05, 0) is 37.0 Å². The quantitative estimate of drug-likeness (QED) is 0.831. The Morgan fingerprint density at radius 3 is 2.50 bits per heavy atom. The van der Waals surface area contributed by atoms with E-state index in [1.807, 2.05) is 11.9 Å². The first-order valence-electron chi connectivity index (χ1n) is 7.01. The van der Waals surface area contributed by atoms with Gasteiger partial charge in [0, 0.05) is 13.6 Å². The van der Waals surface area contributed by atoms with Gasteiger partial charge in [-0.3, -0.25) is 0 Å². The molecule has 1 aliphatic rings. The van der Waals surface area contributed by atoms with E-state index in [1.165, 1.54) is 38.2 Å². The van der Waals surface area contributed by atoms with E-state index in [9.17, 15) is 8.42 Å². The molecule has 0 spiro atoms. The molecule has 6 heteroatoms. The third kappa shape index (κ3) is 3.64. The van der Waals surface area contributed by atoms with E-state index in [0.717, 1.165) is 12.2 Å². The molecular formula is C14H23N3O2S. The third-order valence-corrected chi connectivity index (χ3v) is 4.91. The molecule has 0 amide bonds. The molecule has 20 heavy (non-hydrogen) atoms. The Kier molecular flexibility index (Phi) is 4.55. The zero-order valence-electron chi connectivity index (χ0n) is 11.9. The van der Waals surface area contributed by atoms with Gasteiger partial charge in [0.15, 0.2) is 0 Å². The highest BCUT2D eigenvalue weighted by Gasteiger charge is 2.18. The van der Waals surface area contributed by atoms with Crippen LogP contribution in [0.4, 0.5) is 11.4 Å². The molecule has 1 saturated carbocycles. The topological polar surface area (TPSA) is 89.4 Å². The van der Waals surface area contributed by atoms with E-state index in [4.69, 9.17) is 10.9 Å². The van der Waals surface area contributed by atoms with Crippen molar-refractivity contribution in [1.29, 1.82) is 0 Å². The summed E-state index contributed by atoms with van der Waals surface area (Å²) in [6.07, 6.45) is 6.36. The predicted octanol–water partition coefficient (Wildman–Crippen LogP) is 1.93. The molecule has 1 aromatic carbocycles. The van der Waals surface area contributed by atoms with Crippen molar-refractivity contribution in [2.75, 3.05) is 24.2 Å². The maximum Gasteiger partial charge on any atom is 0.238 e. The van der Waals surface area contributed by atoms with Crippen LogP contribution in [0.15, 0.2) is 23.1 Å². The Balaban J connectivity index is 2.17. The lowest BCUT2D eigenvalue weighted by molar-refractivity contribution is 0.362. The van der Waals surface area contributed by atoms with E-state index in [0.29, 0.717) is 11.6 Å². The molecule has 0 aliphatic heterocycles. The van der Waals surface area contributed by atoms with Crippen molar-refractivity contribution in [3.05, 3.63) is 18.2 Å². The van der Waals surface area contributed by atoms with Crippen molar-refractivity contribution in [3.8, 4) is 0 Å². The van der Waals surface area contributed by atoms with Gasteiger partial charge in [0.25, 0.3) is 0 Å². The highest BCUT2D eigenvalue weighted by atomic mass is 32.2. The fourth-order valence-electron chi connectivity index (χ4n) is 2.89. The highest BCUT2D eigenvalue weighted by Crippen LogP contribution is 2.29. The van der Waals surface area contributed by atoms with Crippen LogP contribution in [0.3, 0.4) is 0 Å². The van der Waals surface area contributed by atoms with E-state index in [1.54, 1.807) is 12.1 Å². The molecular weight excluding hydrogens is 274 g/mol. The summed E-state index contributed by atoms with van der Waals surface area (Å²) in [4.78, 5) is 2.15. The van der Waals surface area contributed by atoms with Gasteiger partial charge in [0.05, 0.1) is 16.3 Å². The normalized spacial score (nSPS) is 17.1. The monoisotopic (exact) mass is 297 g/mol. The van der Waals surface area contributed by atoms with Crippen LogP contribution in [0.25, 0.3) is 0 Å². The zero-order chi connectivity index (χ0) is 14.8. The summed E-state index contributed by atoms with van der Waals surface area (Å²) in [5.41, 5.74) is 7.28. The average molecular weight is 297 g/mol. The van der Waals surface area contributed by atoms with E-state index in [2.05, 4.69) is 0 Å². The van der Waals surface area contributed by atoms with Crippen LogP contribution in [-0.4, -0.2) is 22.0 Å². The second kappa shape index (κ2) is 6.01. The van der Waals surface area contributed by atoms with Crippen molar-refractivity contribution in [2.24, 2.45) is 11.1 Å². The molecule has 0 radical (unpaired) electrons. The SMILES string of the molecule is CN(CC1CCCCC1)c1cc(S(N)(=O)=O)ccc1N. The van der Waals surface area contributed by atoms with Crippen LogP contribution in [0.5, 0.6) is 0 Å². The minimum absolute atomic E-state index is 0.109. The van der Waals surface area contributed by atoms with Gasteiger partial charge >= 0.3 is 0 Å². The number of benzene rings is 1. The van der Waals surface area contributed by atoms with Gasteiger partial charge in [-0.2, -0.15) is 0 Å². The fourth-order valence-corrected chi connectivity index (χ4v) is 3.42. The molecule has 0 bridgehead atoms. The fraction of sp³-hybridized carbons (Fsp3) is 0.571. The second-order valence-corrected chi connectivity index (χ2v) is 7.21. The van der Waals surface area contributed by atoms with Gasteiger partial charge in [-0.15, -0.1) is 0 Å². The number of nitrogen functional groups attached to an aromatic ring is 1. The smallest absolute Gasteiger partial charge is 0.238 e. The van der Waals surface area contributed by atoms with Crippen LogP contribution < -0.4 is 15.8 Å². The molecule has 1 fully saturated rings. The zero-order valence-corrected chi connectivity index (χ0v) is 12.7. The molecule has 1 aromatic rings. The lowest BCUT2D eigenvalue weighted by Gasteiger charge is -2.29. The number of hydrogen-bond donors (Lipinski definition) is 2. The number of anilines is 2. The second-order valence-electron chi connectivity index (χ2n) is 5.65. The standard InChI is InChI=1S/C14H23N3O2S/c1-17(10-11-5-3-2-4-6-11)14-9-12(20(16,18)19)7-8-13(14)15/h7-9,11H,2-6,10,15H2,1H3,(H2,16,18,19). The Hall–Kier alpha value is -1.27. The van der Waals surface area contributed by atoms with E-state index >= 15 is 0 Å². The Morgan fingerprint density at radius 2 is 1.90 bits per heavy atom. The number of hydrogen-bond acceptors (Lipinski definition) is 4. The van der Waals surface area contributed by atoms with Crippen LogP contribution in [0.2, 0.25) is 0 Å². The average Bonchev–Trinajstić information content (AvgIpc) is 2.39. The molecule has 0 atom stereocenters. The lowest BCUT2D eigenvalue weighted by atomic mass is 9.89. The number of primary sulfonamides is 1. The van der Waals surface area contributed by atoms with Crippen molar-refractivity contribution in [3.63, 3.8) is 0 Å². The van der Waals surface area contributed by atoms with Gasteiger partial charge in [-0.1, -0.05) is 19.3 Å². The molecule has 0 heterocycles. The molecule has 5 nitrogen and oxygen atoms in total. The summed E-state index contributed by atoms with van der Waals surface area (Å²) >= 11 is 0. The Labute approximate surface area is 121 Å². The maximum absolute atomic E-state index is 11.4.